The summed E-state index contributed by atoms with van der Waals surface area (Å²) in [6.07, 6.45) is 4.21. The fourth-order valence-electron chi connectivity index (χ4n) is 0.885. The van der Waals surface area contributed by atoms with Gasteiger partial charge in [-0.3, -0.25) is 0 Å². The van der Waals surface area contributed by atoms with E-state index >= 15 is 0 Å². The molecule has 0 aliphatic carbocycles. The molecule has 0 spiro atoms. The molecule has 0 N–H and O–H groups in total. The van der Waals surface area contributed by atoms with Crippen molar-refractivity contribution in [3.8, 4) is 0 Å². The van der Waals surface area contributed by atoms with Crippen LogP contribution in [0.15, 0.2) is 0 Å². The maximum Gasteiger partial charge on any atom is 0.154 e. The zero-order valence-electron chi connectivity index (χ0n) is 6.99. The Morgan fingerprint density at radius 2 is 2.36 bits per heavy atom. The van der Waals surface area contributed by atoms with Gasteiger partial charge in [0.2, 0.25) is 0 Å². The van der Waals surface area contributed by atoms with Gasteiger partial charge in [-0.15, -0.1) is 5.10 Å². The summed E-state index contributed by atoms with van der Waals surface area (Å²) in [6.45, 7) is 5.01. The van der Waals surface area contributed by atoms with Crippen molar-refractivity contribution in [3.05, 3.63) is 12.2 Å². The van der Waals surface area contributed by atoms with E-state index in [9.17, 15) is 0 Å². The van der Waals surface area contributed by atoms with E-state index in [1.165, 1.54) is 6.42 Å². The van der Waals surface area contributed by atoms with Crippen LogP contribution < -0.4 is 0 Å². The monoisotopic (exact) mass is 153 g/mol. The highest BCUT2D eigenvalue weighted by atomic mass is 15.5. The zero-order valence-corrected chi connectivity index (χ0v) is 6.99. The van der Waals surface area contributed by atoms with Gasteiger partial charge in [-0.25, -0.2) is 4.68 Å². The molecule has 1 radical (unpaired) electrons. The number of unbranched alkanes of at least 4 members (excludes halogenated alkanes) is 1. The van der Waals surface area contributed by atoms with Crippen molar-refractivity contribution in [2.24, 2.45) is 0 Å². The molecule has 4 heteroatoms. The van der Waals surface area contributed by atoms with Crippen molar-refractivity contribution in [2.75, 3.05) is 0 Å². The van der Waals surface area contributed by atoms with Crippen LogP contribution in [0.2, 0.25) is 0 Å². The lowest BCUT2D eigenvalue weighted by atomic mass is 10.3. The first-order chi connectivity index (χ1) is 5.38. The molecule has 11 heavy (non-hydrogen) atoms. The van der Waals surface area contributed by atoms with E-state index in [2.05, 4.69) is 22.4 Å². The van der Waals surface area contributed by atoms with Gasteiger partial charge in [-0.1, -0.05) is 20.3 Å². The average molecular weight is 153 g/mol. The van der Waals surface area contributed by atoms with Gasteiger partial charge < -0.3 is 0 Å². The molecule has 0 saturated carbocycles. The maximum absolute atomic E-state index is 3.85. The second-order valence-electron chi connectivity index (χ2n) is 2.40. The molecular weight excluding hydrogens is 140 g/mol. The van der Waals surface area contributed by atoms with Gasteiger partial charge in [0, 0.05) is 13.0 Å². The first kappa shape index (κ1) is 8.17. The molecule has 0 aliphatic heterocycles. The highest BCUT2D eigenvalue weighted by Gasteiger charge is 2.00. The van der Waals surface area contributed by atoms with E-state index in [0.29, 0.717) is 0 Å². The molecule has 1 aromatic rings. The van der Waals surface area contributed by atoms with Crippen LogP contribution in [0.25, 0.3) is 0 Å². The highest BCUT2D eigenvalue weighted by Crippen LogP contribution is 1.97. The smallest absolute Gasteiger partial charge is 0.154 e. The zero-order chi connectivity index (χ0) is 8.10. The Hall–Kier alpha value is -0.930. The van der Waals surface area contributed by atoms with E-state index in [1.807, 2.05) is 18.0 Å². The Morgan fingerprint density at radius 1 is 1.55 bits per heavy atom. The Morgan fingerprint density at radius 3 is 3.00 bits per heavy atom. The topological polar surface area (TPSA) is 43.6 Å². The lowest BCUT2D eigenvalue weighted by Gasteiger charge is -1.99. The predicted molar refractivity (Wildman–Crippen MR) is 41.8 cm³/mol. The van der Waals surface area contributed by atoms with Crippen molar-refractivity contribution in [1.29, 1.82) is 0 Å². The van der Waals surface area contributed by atoms with Crippen LogP contribution in [0, 0.1) is 6.42 Å². The van der Waals surface area contributed by atoms with Gasteiger partial charge in [0.05, 0.1) is 0 Å². The van der Waals surface area contributed by atoms with Gasteiger partial charge in [0.1, 0.15) is 0 Å². The number of aryl methyl sites for hydroxylation is 1. The molecule has 0 aliphatic rings. The van der Waals surface area contributed by atoms with Crippen LogP contribution in [-0.2, 0) is 6.54 Å². The van der Waals surface area contributed by atoms with Gasteiger partial charge in [0.25, 0.3) is 0 Å². The van der Waals surface area contributed by atoms with E-state index in [1.54, 1.807) is 0 Å². The number of hydrogen-bond donors (Lipinski definition) is 0. The molecule has 0 atom stereocenters. The first-order valence-corrected chi connectivity index (χ1v) is 3.94. The fourth-order valence-corrected chi connectivity index (χ4v) is 0.885. The summed E-state index contributed by atoms with van der Waals surface area (Å²) in [6, 6.07) is 0. The molecular formula is C7H13N4. The Labute approximate surface area is 66.6 Å². The van der Waals surface area contributed by atoms with Gasteiger partial charge >= 0.3 is 0 Å². The number of tetrazole rings is 1. The van der Waals surface area contributed by atoms with Gasteiger partial charge in [-0.05, 0) is 16.8 Å². The molecule has 61 valence electrons. The van der Waals surface area contributed by atoms with Crippen molar-refractivity contribution in [1.82, 2.24) is 20.2 Å². The molecule has 1 rings (SSSR count). The van der Waals surface area contributed by atoms with Crippen LogP contribution in [-0.4, -0.2) is 20.2 Å². The number of rotatable bonds is 4. The summed E-state index contributed by atoms with van der Waals surface area (Å²) in [5.41, 5.74) is 0. The molecule has 1 aromatic heterocycles. The summed E-state index contributed by atoms with van der Waals surface area (Å²) in [5.74, 6) is 0.860. The van der Waals surface area contributed by atoms with Gasteiger partial charge in [-0.2, -0.15) is 0 Å². The molecule has 0 unspecified atom stereocenters. The highest BCUT2D eigenvalue weighted by molar-refractivity contribution is 4.93. The second kappa shape index (κ2) is 4.05. The van der Waals surface area contributed by atoms with Crippen LogP contribution >= 0.6 is 0 Å². The molecule has 0 bridgehead atoms. The maximum atomic E-state index is 3.85. The standard InChI is InChI=1S/C7H13N4/c1-3-5-6-11-7(4-2)8-9-10-11/h4H,3,5-6H2,1-2H3. The lowest BCUT2D eigenvalue weighted by Crippen LogP contribution is -2.03. The largest absolute Gasteiger partial charge is 0.229 e. The molecule has 4 nitrogen and oxygen atoms in total. The summed E-state index contributed by atoms with van der Waals surface area (Å²) in [5, 5.41) is 11.3. The van der Waals surface area contributed by atoms with Crippen molar-refractivity contribution in [3.63, 3.8) is 0 Å². The van der Waals surface area contributed by atoms with E-state index in [0.717, 1.165) is 18.8 Å². The third-order valence-electron chi connectivity index (χ3n) is 1.54. The van der Waals surface area contributed by atoms with Crippen LogP contribution in [0.1, 0.15) is 32.5 Å². The quantitative estimate of drug-likeness (QED) is 0.649. The Balaban J connectivity index is 2.54. The molecule has 0 aromatic carbocycles. The summed E-state index contributed by atoms with van der Waals surface area (Å²) < 4.78 is 1.82. The van der Waals surface area contributed by atoms with Crippen LogP contribution in [0.5, 0.6) is 0 Å². The van der Waals surface area contributed by atoms with E-state index in [4.69, 9.17) is 0 Å². The van der Waals surface area contributed by atoms with Crippen molar-refractivity contribution >= 4 is 0 Å². The average Bonchev–Trinajstić information content (AvgIpc) is 2.47. The third-order valence-corrected chi connectivity index (χ3v) is 1.54. The van der Waals surface area contributed by atoms with Gasteiger partial charge in [0.15, 0.2) is 5.82 Å². The predicted octanol–water partition coefficient (Wildman–Crippen LogP) is 1.05. The second-order valence-corrected chi connectivity index (χ2v) is 2.40. The summed E-state index contributed by atoms with van der Waals surface area (Å²) in [7, 11) is 0. The molecule has 0 saturated heterocycles. The lowest BCUT2D eigenvalue weighted by molar-refractivity contribution is 0.544. The van der Waals surface area contributed by atoms with Crippen LogP contribution in [0.4, 0.5) is 0 Å². The Kier molecular flexibility index (Phi) is 3.01. The van der Waals surface area contributed by atoms with E-state index < -0.39 is 0 Å². The summed E-state index contributed by atoms with van der Waals surface area (Å²) in [4.78, 5) is 0. The molecule has 0 amide bonds. The fraction of sp³-hybridized carbons (Fsp3) is 0.714. The number of hydrogen-bond acceptors (Lipinski definition) is 3. The normalized spacial score (nSPS) is 10.4. The van der Waals surface area contributed by atoms with Crippen LogP contribution in [0.3, 0.4) is 0 Å². The van der Waals surface area contributed by atoms with Crippen molar-refractivity contribution < 1.29 is 0 Å². The first-order valence-electron chi connectivity index (χ1n) is 3.94. The SMILES string of the molecule is C[CH]c1nnnn1CCCC. The minimum absolute atomic E-state index is 0.860. The number of aromatic nitrogens is 4. The Bertz CT molecular complexity index is 206. The minimum Gasteiger partial charge on any atom is -0.229 e. The van der Waals surface area contributed by atoms with Crippen molar-refractivity contribution in [2.45, 2.75) is 33.2 Å². The summed E-state index contributed by atoms with van der Waals surface area (Å²) >= 11 is 0. The minimum atomic E-state index is 0.860. The van der Waals surface area contributed by atoms with E-state index in [-0.39, 0.29) is 0 Å². The number of nitrogens with zero attached hydrogens (tertiary/aromatic N) is 4. The molecule has 0 fully saturated rings. The molecule has 1 heterocycles. The third kappa shape index (κ3) is 2.00.